The highest BCUT2D eigenvalue weighted by atomic mass is 16.1. The number of nitrogens with zero attached hydrogens (tertiary/aromatic N) is 1. The number of piperidine rings is 1. The summed E-state index contributed by atoms with van der Waals surface area (Å²) < 4.78 is 0. The predicted octanol–water partition coefficient (Wildman–Crippen LogP) is 7.00. The van der Waals surface area contributed by atoms with Gasteiger partial charge in [-0.1, -0.05) is 69.7 Å². The van der Waals surface area contributed by atoms with Gasteiger partial charge in [-0.05, 0) is 85.5 Å². The Kier molecular flexibility index (Phi) is 9.11. The smallest absolute Gasteiger partial charge is 0.228 e. The van der Waals surface area contributed by atoms with Crippen molar-refractivity contribution in [1.29, 1.82) is 0 Å². The number of hydrogen-bond acceptors (Lipinski definition) is 2. The summed E-state index contributed by atoms with van der Waals surface area (Å²) >= 11 is 0. The first-order chi connectivity index (χ1) is 15.5. The third-order valence-corrected chi connectivity index (χ3v) is 6.77. The monoisotopic (exact) mass is 432 g/mol. The standard InChI is InChI=1S/C25H30N2O.C4H10/c1-18(23-16-24-22(14-19(23)2)15-25(28)26-24)8-9-20-10-12-27(13-11-20)17-21-6-4-3-5-7-21;1-3-4-2/h3-7,14,16,20H,1,8-13,15,17H2,2H3,(H,26,28);3-4H2,1-2H3. The molecule has 0 saturated carbocycles. The molecule has 2 aliphatic heterocycles. The Balaban J connectivity index is 0.000000668. The van der Waals surface area contributed by atoms with Gasteiger partial charge in [-0.2, -0.15) is 0 Å². The maximum atomic E-state index is 11.6. The van der Waals surface area contributed by atoms with E-state index in [9.17, 15) is 4.79 Å². The first kappa shape index (κ1) is 24.3. The van der Waals surface area contributed by atoms with Crippen molar-refractivity contribution in [2.45, 2.75) is 72.3 Å². The summed E-state index contributed by atoms with van der Waals surface area (Å²) in [5, 5.41) is 2.96. The molecule has 1 saturated heterocycles. The number of likely N-dealkylation sites (tertiary alicyclic amines) is 1. The minimum absolute atomic E-state index is 0.0967. The van der Waals surface area contributed by atoms with E-state index in [0.29, 0.717) is 6.42 Å². The van der Waals surface area contributed by atoms with Crippen LogP contribution in [0.15, 0.2) is 49.0 Å². The topological polar surface area (TPSA) is 32.3 Å². The van der Waals surface area contributed by atoms with E-state index in [4.69, 9.17) is 0 Å². The number of nitrogens with one attached hydrogen (secondary N) is 1. The van der Waals surface area contributed by atoms with Gasteiger partial charge in [-0.3, -0.25) is 9.69 Å². The number of anilines is 1. The van der Waals surface area contributed by atoms with Crippen molar-refractivity contribution in [1.82, 2.24) is 4.90 Å². The molecule has 32 heavy (non-hydrogen) atoms. The molecule has 0 radical (unpaired) electrons. The molecule has 0 unspecified atom stereocenters. The van der Waals surface area contributed by atoms with Crippen molar-refractivity contribution in [3.05, 3.63) is 71.3 Å². The number of allylic oxidation sites excluding steroid dienone is 1. The van der Waals surface area contributed by atoms with E-state index in [1.54, 1.807) is 0 Å². The zero-order valence-electron chi connectivity index (χ0n) is 20.3. The second-order valence-electron chi connectivity index (χ2n) is 9.40. The number of benzene rings is 2. The van der Waals surface area contributed by atoms with Crippen molar-refractivity contribution >= 4 is 17.2 Å². The summed E-state index contributed by atoms with van der Waals surface area (Å²) in [4.78, 5) is 14.2. The Morgan fingerprint density at radius 1 is 1.09 bits per heavy atom. The molecule has 2 aromatic rings. The summed E-state index contributed by atoms with van der Waals surface area (Å²) in [6.45, 7) is 14.3. The zero-order valence-corrected chi connectivity index (χ0v) is 20.3. The minimum atomic E-state index is 0.0967. The number of carbonyl (C=O) groups excluding carboxylic acids is 1. The summed E-state index contributed by atoms with van der Waals surface area (Å²) in [6.07, 6.45) is 7.95. The molecule has 0 bridgehead atoms. The Bertz CT molecular complexity index is 893. The summed E-state index contributed by atoms with van der Waals surface area (Å²) in [6, 6.07) is 15.0. The second kappa shape index (κ2) is 12.0. The van der Waals surface area contributed by atoms with Crippen LogP contribution in [0.4, 0.5) is 5.69 Å². The third kappa shape index (κ3) is 6.80. The third-order valence-electron chi connectivity index (χ3n) is 6.77. The van der Waals surface area contributed by atoms with E-state index >= 15 is 0 Å². The molecule has 3 nitrogen and oxygen atoms in total. The highest BCUT2D eigenvalue weighted by molar-refractivity contribution is 5.99. The van der Waals surface area contributed by atoms with Crippen LogP contribution in [0.3, 0.4) is 0 Å². The number of aryl methyl sites for hydroxylation is 1. The van der Waals surface area contributed by atoms with Crippen molar-refractivity contribution in [3.8, 4) is 0 Å². The van der Waals surface area contributed by atoms with Crippen LogP contribution in [-0.2, 0) is 17.8 Å². The van der Waals surface area contributed by atoms with Gasteiger partial charge >= 0.3 is 0 Å². The molecule has 1 amide bonds. The van der Waals surface area contributed by atoms with Gasteiger partial charge in [0.25, 0.3) is 0 Å². The SMILES string of the molecule is C=C(CCC1CCN(Cc2ccccc2)CC1)c1cc2c(cc1C)CC(=O)N2.CCCC. The summed E-state index contributed by atoms with van der Waals surface area (Å²) in [5.41, 5.74) is 7.15. The van der Waals surface area contributed by atoms with E-state index < -0.39 is 0 Å². The molecule has 0 aromatic heterocycles. The minimum Gasteiger partial charge on any atom is -0.326 e. The maximum Gasteiger partial charge on any atom is 0.228 e. The Hall–Kier alpha value is -2.39. The lowest BCUT2D eigenvalue weighted by molar-refractivity contribution is -0.115. The van der Waals surface area contributed by atoms with Gasteiger partial charge in [0.1, 0.15) is 0 Å². The van der Waals surface area contributed by atoms with Crippen LogP contribution in [0.25, 0.3) is 5.57 Å². The van der Waals surface area contributed by atoms with Crippen LogP contribution in [0.2, 0.25) is 0 Å². The normalized spacial score (nSPS) is 16.2. The quantitative estimate of drug-likeness (QED) is 0.511. The lowest BCUT2D eigenvalue weighted by Crippen LogP contribution is -2.33. The fourth-order valence-electron chi connectivity index (χ4n) is 4.57. The van der Waals surface area contributed by atoms with Crippen LogP contribution in [0.5, 0.6) is 0 Å². The molecule has 0 aliphatic carbocycles. The second-order valence-corrected chi connectivity index (χ2v) is 9.40. The van der Waals surface area contributed by atoms with Crippen LogP contribution in [0, 0.1) is 12.8 Å². The van der Waals surface area contributed by atoms with Crippen molar-refractivity contribution in [3.63, 3.8) is 0 Å². The highest BCUT2D eigenvalue weighted by Gasteiger charge is 2.21. The molecule has 1 fully saturated rings. The molecule has 172 valence electrons. The zero-order chi connectivity index (χ0) is 22.9. The van der Waals surface area contributed by atoms with Crippen LogP contribution < -0.4 is 5.32 Å². The average molecular weight is 433 g/mol. The Labute approximate surface area is 194 Å². The lowest BCUT2D eigenvalue weighted by Gasteiger charge is -2.32. The van der Waals surface area contributed by atoms with E-state index in [0.717, 1.165) is 30.1 Å². The predicted molar refractivity (Wildman–Crippen MR) is 137 cm³/mol. The first-order valence-electron chi connectivity index (χ1n) is 12.4. The highest BCUT2D eigenvalue weighted by Crippen LogP contribution is 2.33. The van der Waals surface area contributed by atoms with Gasteiger partial charge in [-0.15, -0.1) is 0 Å². The lowest BCUT2D eigenvalue weighted by atomic mass is 9.88. The van der Waals surface area contributed by atoms with E-state index in [-0.39, 0.29) is 5.91 Å². The van der Waals surface area contributed by atoms with Crippen LogP contribution in [-0.4, -0.2) is 23.9 Å². The molecular weight excluding hydrogens is 392 g/mol. The average Bonchev–Trinajstić information content (AvgIpc) is 3.17. The van der Waals surface area contributed by atoms with E-state index in [1.165, 1.54) is 67.5 Å². The summed E-state index contributed by atoms with van der Waals surface area (Å²) in [5.74, 6) is 0.887. The number of amides is 1. The number of carbonyl (C=O) groups is 1. The Morgan fingerprint density at radius 3 is 2.44 bits per heavy atom. The largest absolute Gasteiger partial charge is 0.326 e. The van der Waals surface area contributed by atoms with E-state index in [2.05, 4.69) is 80.0 Å². The fourth-order valence-corrected chi connectivity index (χ4v) is 4.57. The molecule has 2 aliphatic rings. The van der Waals surface area contributed by atoms with Crippen molar-refractivity contribution in [2.75, 3.05) is 18.4 Å². The van der Waals surface area contributed by atoms with Crippen LogP contribution in [0.1, 0.15) is 74.6 Å². The molecular formula is C29H40N2O. The molecule has 0 atom stereocenters. The maximum absolute atomic E-state index is 11.6. The van der Waals surface area contributed by atoms with Gasteiger partial charge in [0.2, 0.25) is 5.91 Å². The molecule has 2 heterocycles. The Morgan fingerprint density at radius 2 is 1.78 bits per heavy atom. The number of rotatable bonds is 7. The number of fused-ring (bicyclic) bond motifs is 1. The molecule has 1 N–H and O–H groups in total. The van der Waals surface area contributed by atoms with Gasteiger partial charge in [-0.25, -0.2) is 0 Å². The van der Waals surface area contributed by atoms with Crippen molar-refractivity contribution in [2.24, 2.45) is 5.92 Å². The van der Waals surface area contributed by atoms with Gasteiger partial charge in [0.15, 0.2) is 0 Å². The van der Waals surface area contributed by atoms with Gasteiger partial charge in [0, 0.05) is 12.2 Å². The molecule has 4 rings (SSSR count). The van der Waals surface area contributed by atoms with Crippen molar-refractivity contribution < 1.29 is 4.79 Å². The molecule has 3 heteroatoms. The van der Waals surface area contributed by atoms with Gasteiger partial charge < -0.3 is 5.32 Å². The molecule has 2 aromatic carbocycles. The number of hydrogen-bond donors (Lipinski definition) is 1. The molecule has 0 spiro atoms. The fraction of sp³-hybridized carbons (Fsp3) is 0.483. The van der Waals surface area contributed by atoms with Gasteiger partial charge in [0.05, 0.1) is 6.42 Å². The summed E-state index contributed by atoms with van der Waals surface area (Å²) in [7, 11) is 0. The first-order valence-corrected chi connectivity index (χ1v) is 12.4. The van der Waals surface area contributed by atoms with Crippen LogP contribution >= 0.6 is 0 Å². The number of unbranched alkanes of at least 4 members (excludes halogenated alkanes) is 1. The van der Waals surface area contributed by atoms with E-state index in [1.807, 2.05) is 0 Å².